The summed E-state index contributed by atoms with van der Waals surface area (Å²) in [7, 11) is 2.16. The van der Waals surface area contributed by atoms with Crippen LogP contribution in [0.4, 0.5) is 10.1 Å². The highest BCUT2D eigenvalue weighted by molar-refractivity contribution is 5.85. The first-order valence-electron chi connectivity index (χ1n) is 9.72. The number of allylic oxidation sites excluding steroid dienone is 7. The van der Waals surface area contributed by atoms with Crippen molar-refractivity contribution in [1.82, 2.24) is 0 Å². The van der Waals surface area contributed by atoms with Crippen molar-refractivity contribution in [3.05, 3.63) is 70.2 Å². The van der Waals surface area contributed by atoms with Crippen LogP contribution >= 0.6 is 0 Å². The second kappa shape index (κ2) is 6.26. The number of likely N-dealkylation sites (N-methyl/N-ethyl adjacent to an activating group) is 1. The second-order valence-corrected chi connectivity index (χ2v) is 8.64. The largest absolute Gasteiger partial charge is 0.344 e. The van der Waals surface area contributed by atoms with Gasteiger partial charge in [0.2, 0.25) is 0 Å². The number of nitrogens with zero attached hydrogens (tertiary/aromatic N) is 1. The maximum atomic E-state index is 14.4. The highest BCUT2D eigenvalue weighted by Gasteiger charge is 2.30. The van der Waals surface area contributed by atoms with E-state index in [2.05, 4.69) is 63.1 Å². The predicted molar refractivity (Wildman–Crippen MR) is 109 cm³/mol. The van der Waals surface area contributed by atoms with Gasteiger partial charge in [0.15, 0.2) is 0 Å². The van der Waals surface area contributed by atoms with Gasteiger partial charge in [0.25, 0.3) is 0 Å². The molecule has 4 rings (SSSR count). The standard InChI is InChI=1S/C24H28FN/c1-24(2,3)20-11-5-6-13-23(20)26(4)22-14-8-10-17-16-9-7-12-21(25)18(16)15-19(17)22/h6,8,10,12-14H,5,7,9,11,15H2,1-4H3. The Morgan fingerprint density at radius 2 is 1.85 bits per heavy atom. The normalized spacial score (nSPS) is 19.5. The molecule has 0 atom stereocenters. The first kappa shape index (κ1) is 17.3. The lowest BCUT2D eigenvalue weighted by atomic mass is 9.80. The van der Waals surface area contributed by atoms with Crippen LogP contribution < -0.4 is 4.90 Å². The molecule has 0 radical (unpaired) electrons. The molecule has 0 aliphatic heterocycles. The molecule has 0 bridgehead atoms. The molecule has 0 heterocycles. The van der Waals surface area contributed by atoms with E-state index >= 15 is 0 Å². The molecule has 0 amide bonds. The van der Waals surface area contributed by atoms with Crippen molar-refractivity contribution >= 4 is 11.3 Å². The number of halogens is 1. The molecule has 0 fully saturated rings. The molecular weight excluding hydrogens is 321 g/mol. The summed E-state index contributed by atoms with van der Waals surface area (Å²) in [6, 6.07) is 6.48. The van der Waals surface area contributed by atoms with Gasteiger partial charge in [0, 0.05) is 24.9 Å². The molecule has 3 aliphatic carbocycles. The summed E-state index contributed by atoms with van der Waals surface area (Å²) in [4.78, 5) is 2.33. The van der Waals surface area contributed by atoms with Gasteiger partial charge >= 0.3 is 0 Å². The van der Waals surface area contributed by atoms with Crippen LogP contribution in [0.25, 0.3) is 5.57 Å². The lowest BCUT2D eigenvalue weighted by Crippen LogP contribution is -2.24. The maximum absolute atomic E-state index is 14.4. The molecule has 0 aromatic heterocycles. The van der Waals surface area contributed by atoms with Crippen molar-refractivity contribution in [3.8, 4) is 0 Å². The molecule has 0 saturated heterocycles. The molecule has 0 saturated carbocycles. The SMILES string of the molecule is CN(C1=C(C(C)(C)C)CCC=C1)c1cccc2c1CC1=C2CCC=C1F. The molecule has 2 heteroatoms. The van der Waals surface area contributed by atoms with Crippen LogP contribution in [0.2, 0.25) is 0 Å². The lowest BCUT2D eigenvalue weighted by molar-refractivity contribution is 0.475. The van der Waals surface area contributed by atoms with Crippen LogP contribution in [0.1, 0.15) is 57.6 Å². The van der Waals surface area contributed by atoms with Crippen LogP contribution in [-0.4, -0.2) is 7.05 Å². The smallest absolute Gasteiger partial charge is 0.123 e. The number of benzene rings is 1. The van der Waals surface area contributed by atoms with Gasteiger partial charge in [-0.1, -0.05) is 39.0 Å². The van der Waals surface area contributed by atoms with Gasteiger partial charge in [-0.15, -0.1) is 0 Å². The fourth-order valence-corrected chi connectivity index (χ4v) is 4.64. The van der Waals surface area contributed by atoms with E-state index in [0.29, 0.717) is 0 Å². The molecule has 1 aromatic carbocycles. The van der Waals surface area contributed by atoms with Gasteiger partial charge in [-0.2, -0.15) is 0 Å². The molecule has 0 unspecified atom stereocenters. The van der Waals surface area contributed by atoms with Gasteiger partial charge < -0.3 is 4.90 Å². The summed E-state index contributed by atoms with van der Waals surface area (Å²) in [6.07, 6.45) is 11.0. The average Bonchev–Trinajstić information content (AvgIpc) is 3.01. The molecule has 26 heavy (non-hydrogen) atoms. The Bertz CT molecular complexity index is 874. The minimum atomic E-state index is -0.0109. The Kier molecular flexibility index (Phi) is 4.17. The van der Waals surface area contributed by atoms with E-state index in [1.54, 1.807) is 6.08 Å². The number of hydrogen-bond acceptors (Lipinski definition) is 1. The van der Waals surface area contributed by atoms with Crippen molar-refractivity contribution in [2.45, 2.75) is 52.9 Å². The van der Waals surface area contributed by atoms with E-state index in [1.807, 2.05) is 0 Å². The van der Waals surface area contributed by atoms with Crippen LogP contribution in [0.3, 0.4) is 0 Å². The van der Waals surface area contributed by atoms with Crippen molar-refractivity contribution in [3.63, 3.8) is 0 Å². The highest BCUT2D eigenvalue weighted by Crippen LogP contribution is 2.46. The molecule has 136 valence electrons. The van der Waals surface area contributed by atoms with E-state index in [0.717, 1.165) is 37.7 Å². The van der Waals surface area contributed by atoms with Gasteiger partial charge in [0.1, 0.15) is 5.83 Å². The Balaban J connectivity index is 1.78. The zero-order valence-corrected chi connectivity index (χ0v) is 16.3. The predicted octanol–water partition coefficient (Wildman–Crippen LogP) is 6.73. The summed E-state index contributed by atoms with van der Waals surface area (Å²) < 4.78 is 14.4. The third-order valence-corrected chi connectivity index (χ3v) is 5.97. The van der Waals surface area contributed by atoms with Crippen molar-refractivity contribution in [1.29, 1.82) is 0 Å². The van der Waals surface area contributed by atoms with Crippen LogP contribution in [0.5, 0.6) is 0 Å². The first-order chi connectivity index (χ1) is 12.4. The van der Waals surface area contributed by atoms with Gasteiger partial charge in [-0.05, 0) is 77.2 Å². The third kappa shape index (κ3) is 2.76. The Morgan fingerprint density at radius 3 is 2.62 bits per heavy atom. The zero-order chi connectivity index (χ0) is 18.5. The Labute approximate surface area is 156 Å². The summed E-state index contributed by atoms with van der Waals surface area (Å²) in [5.74, 6) is -0.0109. The number of fused-ring (bicyclic) bond motifs is 2. The fourth-order valence-electron chi connectivity index (χ4n) is 4.64. The summed E-state index contributed by atoms with van der Waals surface area (Å²) in [5, 5.41) is 0. The first-order valence-corrected chi connectivity index (χ1v) is 9.72. The Morgan fingerprint density at radius 1 is 1.04 bits per heavy atom. The van der Waals surface area contributed by atoms with Crippen molar-refractivity contribution < 1.29 is 4.39 Å². The van der Waals surface area contributed by atoms with Crippen LogP contribution in [0, 0.1) is 5.41 Å². The molecule has 0 N–H and O–H groups in total. The van der Waals surface area contributed by atoms with E-state index in [4.69, 9.17) is 0 Å². The quantitative estimate of drug-likeness (QED) is 0.572. The van der Waals surface area contributed by atoms with Crippen molar-refractivity contribution in [2.75, 3.05) is 11.9 Å². The van der Waals surface area contributed by atoms with E-state index in [-0.39, 0.29) is 11.2 Å². The Hall–Kier alpha value is -2.09. The summed E-state index contributed by atoms with van der Waals surface area (Å²) in [6.45, 7) is 6.89. The molecule has 3 aliphatic rings. The topological polar surface area (TPSA) is 3.24 Å². The highest BCUT2D eigenvalue weighted by atomic mass is 19.1. The minimum absolute atomic E-state index is 0.0109. The van der Waals surface area contributed by atoms with Crippen LogP contribution in [-0.2, 0) is 6.42 Å². The minimum Gasteiger partial charge on any atom is -0.344 e. The van der Waals surface area contributed by atoms with Gasteiger partial charge in [0.05, 0.1) is 0 Å². The fraction of sp³-hybridized carbons (Fsp3) is 0.417. The van der Waals surface area contributed by atoms with Gasteiger partial charge in [-0.25, -0.2) is 4.39 Å². The lowest BCUT2D eigenvalue weighted by Gasteiger charge is -2.33. The monoisotopic (exact) mass is 349 g/mol. The summed E-state index contributed by atoms with van der Waals surface area (Å²) >= 11 is 0. The molecular formula is C24H28FN. The van der Waals surface area contributed by atoms with E-state index in [1.165, 1.54) is 33.7 Å². The molecule has 0 spiro atoms. The second-order valence-electron chi connectivity index (χ2n) is 8.64. The number of rotatable bonds is 2. The van der Waals surface area contributed by atoms with Gasteiger partial charge in [-0.3, -0.25) is 0 Å². The van der Waals surface area contributed by atoms with Crippen LogP contribution in [0.15, 0.2) is 59.1 Å². The van der Waals surface area contributed by atoms with E-state index in [9.17, 15) is 4.39 Å². The number of hydrogen-bond donors (Lipinski definition) is 0. The third-order valence-electron chi connectivity index (χ3n) is 5.97. The van der Waals surface area contributed by atoms with E-state index < -0.39 is 0 Å². The maximum Gasteiger partial charge on any atom is 0.123 e. The zero-order valence-electron chi connectivity index (χ0n) is 16.3. The summed E-state index contributed by atoms with van der Waals surface area (Å²) in [5.41, 5.74) is 8.85. The molecule has 1 aromatic rings. The van der Waals surface area contributed by atoms with Crippen molar-refractivity contribution in [2.24, 2.45) is 5.41 Å². The number of anilines is 1. The molecule has 1 nitrogen and oxygen atoms in total. The average molecular weight is 349 g/mol.